The Morgan fingerprint density at radius 1 is 1.20 bits per heavy atom. The van der Waals surface area contributed by atoms with Crippen LogP contribution in [0, 0.1) is 11.3 Å². The van der Waals surface area contributed by atoms with Crippen LogP contribution in [0.15, 0.2) is 59.6 Å². The number of benzene rings is 2. The minimum Gasteiger partial charge on any atom is -0.374 e. The number of rotatable bonds is 9. The molecule has 0 radical (unpaired) electrons. The second-order valence-corrected chi connectivity index (χ2v) is 7.99. The largest absolute Gasteiger partial charge is 0.416 e. The molecule has 4 N–H and O–H groups in total. The van der Waals surface area contributed by atoms with Crippen LogP contribution in [-0.4, -0.2) is 34.8 Å². The van der Waals surface area contributed by atoms with Crippen LogP contribution >= 0.6 is 11.8 Å². The number of ether oxygens (including phenoxy) is 1. The fraction of sp³-hybridized carbons (Fsp3) is 0.217. The molecule has 182 valence electrons. The van der Waals surface area contributed by atoms with Crippen LogP contribution in [0.4, 0.5) is 30.6 Å². The van der Waals surface area contributed by atoms with Gasteiger partial charge in [-0.25, -0.2) is 4.98 Å². The summed E-state index contributed by atoms with van der Waals surface area (Å²) in [6, 6.07) is 14.4. The lowest BCUT2D eigenvalue weighted by Crippen LogP contribution is -2.39. The smallest absolute Gasteiger partial charge is 0.374 e. The lowest BCUT2D eigenvalue weighted by atomic mass is 10.1. The molecule has 8 nitrogen and oxygen atoms in total. The van der Waals surface area contributed by atoms with Gasteiger partial charge < -0.3 is 21.1 Å². The zero-order chi connectivity index (χ0) is 25.4. The molecule has 0 unspecified atom stereocenters. The molecule has 1 aromatic heterocycles. The number of amides is 1. The summed E-state index contributed by atoms with van der Waals surface area (Å²) in [5, 5.41) is 15.1. The average Bonchev–Trinajstić information content (AvgIpc) is 2.83. The zero-order valence-corrected chi connectivity index (χ0v) is 19.3. The molecule has 0 aliphatic heterocycles. The third-order valence-corrected chi connectivity index (χ3v) is 5.37. The Bertz CT molecular complexity index is 1220. The normalized spacial score (nSPS) is 12.0. The Hall–Kier alpha value is -3.82. The van der Waals surface area contributed by atoms with E-state index < -0.39 is 23.7 Å². The van der Waals surface area contributed by atoms with Gasteiger partial charge >= 0.3 is 6.18 Å². The Morgan fingerprint density at radius 3 is 2.60 bits per heavy atom. The number of nitrogens with zero attached hydrogens (tertiary/aromatic N) is 3. The topological polar surface area (TPSA) is 126 Å². The highest BCUT2D eigenvalue weighted by molar-refractivity contribution is 7.98. The maximum absolute atomic E-state index is 13.1. The number of nitrogen functional groups attached to an aromatic ring is 1. The van der Waals surface area contributed by atoms with E-state index in [1.54, 1.807) is 6.26 Å². The lowest BCUT2D eigenvalue weighted by Gasteiger charge is -2.21. The predicted molar refractivity (Wildman–Crippen MR) is 127 cm³/mol. The van der Waals surface area contributed by atoms with Gasteiger partial charge in [0.05, 0.1) is 18.8 Å². The summed E-state index contributed by atoms with van der Waals surface area (Å²) < 4.78 is 45.1. The van der Waals surface area contributed by atoms with Crippen LogP contribution in [0.1, 0.15) is 16.7 Å². The van der Waals surface area contributed by atoms with Crippen molar-refractivity contribution in [2.75, 3.05) is 29.2 Å². The first-order chi connectivity index (χ1) is 16.7. The fourth-order valence-corrected chi connectivity index (χ4v) is 3.57. The van der Waals surface area contributed by atoms with Crippen molar-refractivity contribution in [3.05, 3.63) is 71.3 Å². The maximum atomic E-state index is 13.1. The van der Waals surface area contributed by atoms with Crippen molar-refractivity contribution >= 4 is 35.1 Å². The number of alkyl halides is 3. The monoisotopic (exact) mass is 502 g/mol. The van der Waals surface area contributed by atoms with Crippen LogP contribution in [0.2, 0.25) is 0 Å². The van der Waals surface area contributed by atoms with Crippen molar-refractivity contribution in [3.63, 3.8) is 0 Å². The van der Waals surface area contributed by atoms with Gasteiger partial charge in [-0.3, -0.25) is 4.79 Å². The molecule has 0 spiro atoms. The molecule has 0 saturated carbocycles. The van der Waals surface area contributed by atoms with Gasteiger partial charge in [0, 0.05) is 5.69 Å². The lowest BCUT2D eigenvalue weighted by molar-refractivity contribution is -0.137. The number of nitriles is 1. The van der Waals surface area contributed by atoms with Crippen molar-refractivity contribution in [2.45, 2.75) is 23.9 Å². The van der Waals surface area contributed by atoms with Crippen molar-refractivity contribution in [3.8, 4) is 6.07 Å². The average molecular weight is 503 g/mol. The van der Waals surface area contributed by atoms with Gasteiger partial charge in [-0.05, 0) is 30.0 Å². The Labute approximate surface area is 203 Å². The van der Waals surface area contributed by atoms with E-state index in [1.165, 1.54) is 12.1 Å². The van der Waals surface area contributed by atoms with E-state index >= 15 is 0 Å². The third-order valence-electron chi connectivity index (χ3n) is 4.68. The highest BCUT2D eigenvalue weighted by atomic mass is 32.2. The maximum Gasteiger partial charge on any atom is 0.416 e. The molecule has 0 aliphatic carbocycles. The molecule has 35 heavy (non-hydrogen) atoms. The summed E-state index contributed by atoms with van der Waals surface area (Å²) in [7, 11) is 0. The number of anilines is 3. The molecular weight excluding hydrogens is 481 g/mol. The summed E-state index contributed by atoms with van der Waals surface area (Å²) in [5.74, 6) is -0.934. The van der Waals surface area contributed by atoms with Gasteiger partial charge in [0.25, 0.3) is 0 Å². The molecule has 0 fully saturated rings. The minimum atomic E-state index is -4.55. The highest BCUT2D eigenvalue weighted by Gasteiger charge is 2.31. The van der Waals surface area contributed by atoms with E-state index in [4.69, 9.17) is 10.5 Å². The number of carbonyl (C=O) groups is 1. The van der Waals surface area contributed by atoms with Crippen molar-refractivity contribution in [1.29, 1.82) is 5.26 Å². The van der Waals surface area contributed by atoms with E-state index in [0.29, 0.717) is 0 Å². The van der Waals surface area contributed by atoms with Crippen LogP contribution < -0.4 is 16.4 Å². The summed E-state index contributed by atoms with van der Waals surface area (Å²) in [6.07, 6.45) is -2.86. The van der Waals surface area contributed by atoms with Gasteiger partial charge in [0.1, 0.15) is 22.7 Å². The number of thioether (sulfide) groups is 1. The van der Waals surface area contributed by atoms with Gasteiger partial charge in [0.15, 0.2) is 5.82 Å². The van der Waals surface area contributed by atoms with Crippen LogP contribution in [0.5, 0.6) is 0 Å². The predicted octanol–water partition coefficient (Wildman–Crippen LogP) is 4.31. The second kappa shape index (κ2) is 11.5. The van der Waals surface area contributed by atoms with Crippen LogP contribution in [0.3, 0.4) is 0 Å². The van der Waals surface area contributed by atoms with Gasteiger partial charge in [-0.1, -0.05) is 36.4 Å². The van der Waals surface area contributed by atoms with Crippen molar-refractivity contribution < 1.29 is 22.7 Å². The highest BCUT2D eigenvalue weighted by Crippen LogP contribution is 2.31. The first-order valence-corrected chi connectivity index (χ1v) is 11.4. The third kappa shape index (κ3) is 7.08. The molecule has 3 rings (SSSR count). The molecule has 0 saturated heterocycles. The summed E-state index contributed by atoms with van der Waals surface area (Å²) in [4.78, 5) is 21.0. The van der Waals surface area contributed by atoms with E-state index in [9.17, 15) is 23.2 Å². The molecule has 2 aromatic carbocycles. The first kappa shape index (κ1) is 25.8. The fourth-order valence-electron chi connectivity index (χ4n) is 3.04. The number of nitrogens with two attached hydrogens (primary N) is 1. The Balaban J connectivity index is 1.84. The summed E-state index contributed by atoms with van der Waals surface area (Å²) in [6.45, 7) is -0.00970. The van der Waals surface area contributed by atoms with Gasteiger partial charge in [-0.2, -0.15) is 23.4 Å². The minimum absolute atomic E-state index is 0.0167. The molecular formula is C23H21F3N6O2S. The number of halogens is 3. The quantitative estimate of drug-likeness (QED) is 0.292. The van der Waals surface area contributed by atoms with Gasteiger partial charge in [0.2, 0.25) is 11.9 Å². The molecule has 1 heterocycles. The van der Waals surface area contributed by atoms with Crippen molar-refractivity contribution in [1.82, 2.24) is 9.97 Å². The van der Waals surface area contributed by atoms with Crippen LogP contribution in [-0.2, 0) is 22.3 Å². The second-order valence-electron chi connectivity index (χ2n) is 7.19. The van der Waals surface area contributed by atoms with E-state index in [0.717, 1.165) is 29.5 Å². The number of hydrogen-bond donors (Lipinski definition) is 3. The Morgan fingerprint density at radius 2 is 1.94 bits per heavy atom. The Kier molecular flexibility index (Phi) is 8.51. The van der Waals surface area contributed by atoms with E-state index in [1.807, 2.05) is 36.4 Å². The number of nitrogens with one attached hydrogen (secondary N) is 2. The molecule has 0 bridgehead atoms. The number of aromatic nitrogens is 2. The summed E-state index contributed by atoms with van der Waals surface area (Å²) in [5.41, 5.74) is 5.76. The number of hydrogen-bond acceptors (Lipinski definition) is 8. The van der Waals surface area contributed by atoms with E-state index in [-0.39, 0.29) is 41.3 Å². The molecule has 1 amide bonds. The zero-order valence-electron chi connectivity index (χ0n) is 18.5. The molecule has 0 aliphatic rings. The summed E-state index contributed by atoms with van der Waals surface area (Å²) >= 11 is 1.15. The van der Waals surface area contributed by atoms with Gasteiger partial charge in [-0.15, -0.1) is 11.8 Å². The molecule has 1 atom stereocenters. The van der Waals surface area contributed by atoms with E-state index in [2.05, 4.69) is 20.6 Å². The molecule has 3 aromatic rings. The first-order valence-electron chi connectivity index (χ1n) is 10.2. The van der Waals surface area contributed by atoms with Crippen molar-refractivity contribution in [2.24, 2.45) is 0 Å². The molecule has 12 heteroatoms. The number of carbonyl (C=O) groups excluding carboxylic acids is 1. The van der Waals surface area contributed by atoms with Crippen LogP contribution in [0.25, 0.3) is 0 Å². The standard InChI is InChI=1S/C23H21F3N6O2S/c1-35-21-17(11-27)19(31-22(28)32-21)30-20(33)18(13-34-12-14-6-3-2-4-7-14)29-16-9-5-8-15(10-16)23(24,25)26/h2-10,18,29H,12-13H2,1H3,(H3,28,30,31,32,33)/t18-/m0/s1. The SMILES string of the molecule is CSc1nc(N)nc(NC(=O)[C@H](COCc2ccccc2)Nc2cccc(C(F)(F)F)c2)c1C#N.